The first kappa shape index (κ1) is 21.3. The van der Waals surface area contributed by atoms with Gasteiger partial charge in [-0.05, 0) is 55.7 Å². The first-order valence-corrected chi connectivity index (χ1v) is 10.4. The van der Waals surface area contributed by atoms with E-state index in [1.54, 1.807) is 19.1 Å². The number of carbonyl (C=O) groups excluding carboxylic acids is 2. The van der Waals surface area contributed by atoms with Gasteiger partial charge < -0.3 is 5.32 Å². The summed E-state index contributed by atoms with van der Waals surface area (Å²) in [5, 5.41) is 7.85. The van der Waals surface area contributed by atoms with Gasteiger partial charge in [-0.3, -0.25) is 9.59 Å². The maximum Gasteiger partial charge on any atom is 0.271 e. The van der Waals surface area contributed by atoms with Gasteiger partial charge in [-0.1, -0.05) is 54.6 Å². The second kappa shape index (κ2) is 9.90. The van der Waals surface area contributed by atoms with Crippen molar-refractivity contribution >= 4 is 46.4 Å². The highest BCUT2D eigenvalue weighted by atomic mass is 35.5. The van der Waals surface area contributed by atoms with Crippen LogP contribution >= 0.6 is 23.2 Å². The zero-order valence-electron chi connectivity index (χ0n) is 16.2. The molecule has 1 fully saturated rings. The van der Waals surface area contributed by atoms with Gasteiger partial charge in [0.2, 0.25) is 5.91 Å². The monoisotopic (exact) mass is 431 g/mol. The lowest BCUT2D eigenvalue weighted by atomic mass is 9.88. The minimum absolute atomic E-state index is 0.0735. The van der Waals surface area contributed by atoms with E-state index in [0.29, 0.717) is 21.3 Å². The van der Waals surface area contributed by atoms with Crippen LogP contribution in [0.4, 0.5) is 5.69 Å². The van der Waals surface area contributed by atoms with Crippen LogP contribution in [0.15, 0.2) is 47.6 Å². The van der Waals surface area contributed by atoms with E-state index in [-0.39, 0.29) is 17.7 Å². The third-order valence-electron chi connectivity index (χ3n) is 5.03. The highest BCUT2D eigenvalue weighted by molar-refractivity contribution is 6.42. The standard InChI is InChI=1S/C22H23Cl2N3O2/c1-14(26-27-22(29)17-10-11-19(23)20(24)13-17)16-8-5-9-18(12-16)25-21(28)15-6-3-2-4-7-15/h5,8-13,15H,2-4,6-7H2,1H3,(H,25,28)(H,27,29). The predicted octanol–water partition coefficient (Wildman–Crippen LogP) is 5.67. The van der Waals surface area contributed by atoms with Gasteiger partial charge in [0.05, 0.1) is 15.8 Å². The predicted molar refractivity (Wildman–Crippen MR) is 118 cm³/mol. The Balaban J connectivity index is 1.64. The number of rotatable bonds is 5. The van der Waals surface area contributed by atoms with Crippen LogP contribution in [0.25, 0.3) is 0 Å². The van der Waals surface area contributed by atoms with Gasteiger partial charge in [0, 0.05) is 17.2 Å². The zero-order chi connectivity index (χ0) is 20.8. The first-order valence-electron chi connectivity index (χ1n) is 9.65. The summed E-state index contributed by atoms with van der Waals surface area (Å²) < 4.78 is 0. The minimum Gasteiger partial charge on any atom is -0.326 e. The number of anilines is 1. The number of hydrogen-bond donors (Lipinski definition) is 2. The Morgan fingerprint density at radius 2 is 1.72 bits per heavy atom. The summed E-state index contributed by atoms with van der Waals surface area (Å²) in [5.41, 5.74) is 5.03. The Hall–Kier alpha value is -2.37. The molecule has 0 saturated heterocycles. The SMILES string of the molecule is CC(=NNC(=O)c1ccc(Cl)c(Cl)c1)c1cccc(NC(=O)C2CCCCC2)c1. The number of nitrogens with zero attached hydrogens (tertiary/aromatic N) is 1. The second-order valence-electron chi connectivity index (χ2n) is 7.17. The molecule has 2 N–H and O–H groups in total. The van der Waals surface area contributed by atoms with E-state index in [2.05, 4.69) is 15.8 Å². The van der Waals surface area contributed by atoms with Crippen molar-refractivity contribution in [3.63, 3.8) is 0 Å². The molecule has 2 amide bonds. The molecule has 0 unspecified atom stereocenters. The molecule has 0 aromatic heterocycles. The molecular weight excluding hydrogens is 409 g/mol. The molecule has 152 valence electrons. The average Bonchev–Trinajstić information content (AvgIpc) is 2.74. The highest BCUT2D eigenvalue weighted by Crippen LogP contribution is 2.25. The fourth-order valence-corrected chi connectivity index (χ4v) is 3.63. The van der Waals surface area contributed by atoms with Gasteiger partial charge in [0.1, 0.15) is 0 Å². The third-order valence-corrected chi connectivity index (χ3v) is 5.77. The molecule has 0 spiro atoms. The number of amides is 2. The Labute approximate surface area is 180 Å². The molecule has 5 nitrogen and oxygen atoms in total. The van der Waals surface area contributed by atoms with Crippen molar-refractivity contribution in [1.29, 1.82) is 0 Å². The van der Waals surface area contributed by atoms with Gasteiger partial charge >= 0.3 is 0 Å². The molecule has 3 rings (SSSR count). The van der Waals surface area contributed by atoms with Crippen LogP contribution in [0.1, 0.15) is 54.9 Å². The number of benzene rings is 2. The van der Waals surface area contributed by atoms with E-state index in [1.165, 1.54) is 12.5 Å². The Morgan fingerprint density at radius 1 is 0.966 bits per heavy atom. The fourth-order valence-electron chi connectivity index (χ4n) is 3.33. The van der Waals surface area contributed by atoms with Crippen molar-refractivity contribution in [2.24, 2.45) is 11.0 Å². The van der Waals surface area contributed by atoms with Crippen molar-refractivity contribution < 1.29 is 9.59 Å². The van der Waals surface area contributed by atoms with E-state index in [9.17, 15) is 9.59 Å². The van der Waals surface area contributed by atoms with E-state index in [4.69, 9.17) is 23.2 Å². The summed E-state index contributed by atoms with van der Waals surface area (Å²) >= 11 is 11.8. The maximum absolute atomic E-state index is 12.5. The van der Waals surface area contributed by atoms with E-state index in [0.717, 1.165) is 36.9 Å². The van der Waals surface area contributed by atoms with Crippen molar-refractivity contribution in [1.82, 2.24) is 5.43 Å². The molecule has 0 aliphatic heterocycles. The quantitative estimate of drug-likeness (QED) is 0.472. The van der Waals surface area contributed by atoms with Gasteiger partial charge in [-0.2, -0.15) is 5.10 Å². The molecule has 1 aliphatic rings. The molecule has 0 bridgehead atoms. The van der Waals surface area contributed by atoms with Crippen molar-refractivity contribution in [2.45, 2.75) is 39.0 Å². The largest absolute Gasteiger partial charge is 0.326 e. The van der Waals surface area contributed by atoms with Crippen LogP contribution in [-0.2, 0) is 4.79 Å². The summed E-state index contributed by atoms with van der Waals surface area (Å²) in [6.45, 7) is 1.79. The number of hydrazone groups is 1. The lowest BCUT2D eigenvalue weighted by molar-refractivity contribution is -0.120. The normalized spacial score (nSPS) is 15.1. The molecule has 7 heteroatoms. The maximum atomic E-state index is 12.5. The van der Waals surface area contributed by atoms with Crippen LogP contribution in [0.2, 0.25) is 10.0 Å². The minimum atomic E-state index is -0.385. The molecule has 1 aliphatic carbocycles. The lowest BCUT2D eigenvalue weighted by Gasteiger charge is -2.20. The Morgan fingerprint density at radius 3 is 2.45 bits per heavy atom. The average molecular weight is 432 g/mol. The van der Waals surface area contributed by atoms with E-state index in [1.807, 2.05) is 24.3 Å². The molecule has 29 heavy (non-hydrogen) atoms. The first-order chi connectivity index (χ1) is 13.9. The highest BCUT2D eigenvalue weighted by Gasteiger charge is 2.21. The smallest absolute Gasteiger partial charge is 0.271 e. The van der Waals surface area contributed by atoms with Gasteiger partial charge in [0.15, 0.2) is 0 Å². The van der Waals surface area contributed by atoms with Gasteiger partial charge in [-0.25, -0.2) is 5.43 Å². The summed E-state index contributed by atoms with van der Waals surface area (Å²) in [4.78, 5) is 24.7. The third kappa shape index (κ3) is 5.81. The summed E-state index contributed by atoms with van der Waals surface area (Å²) in [5.74, 6) is -0.221. The summed E-state index contributed by atoms with van der Waals surface area (Å²) in [7, 11) is 0. The number of carbonyl (C=O) groups is 2. The molecule has 1 saturated carbocycles. The van der Waals surface area contributed by atoms with Gasteiger partial charge in [0.25, 0.3) is 5.91 Å². The Bertz CT molecular complexity index is 937. The molecular formula is C22H23Cl2N3O2. The Kier molecular flexibility index (Phi) is 7.29. The topological polar surface area (TPSA) is 70.6 Å². The fraction of sp³-hybridized carbons (Fsp3) is 0.318. The molecule has 2 aromatic carbocycles. The van der Waals surface area contributed by atoms with E-state index >= 15 is 0 Å². The van der Waals surface area contributed by atoms with Crippen LogP contribution in [0, 0.1) is 5.92 Å². The van der Waals surface area contributed by atoms with Gasteiger partial charge in [-0.15, -0.1) is 0 Å². The lowest BCUT2D eigenvalue weighted by Crippen LogP contribution is -2.24. The van der Waals surface area contributed by atoms with Crippen molar-refractivity contribution in [3.8, 4) is 0 Å². The van der Waals surface area contributed by atoms with E-state index < -0.39 is 0 Å². The number of hydrogen-bond acceptors (Lipinski definition) is 3. The van der Waals surface area contributed by atoms with Crippen LogP contribution in [0.5, 0.6) is 0 Å². The van der Waals surface area contributed by atoms with Crippen LogP contribution in [-0.4, -0.2) is 17.5 Å². The zero-order valence-corrected chi connectivity index (χ0v) is 17.7. The van der Waals surface area contributed by atoms with Crippen molar-refractivity contribution in [3.05, 3.63) is 63.6 Å². The molecule has 2 aromatic rings. The van der Waals surface area contributed by atoms with Crippen LogP contribution < -0.4 is 10.7 Å². The summed E-state index contributed by atoms with van der Waals surface area (Å²) in [6.07, 6.45) is 5.34. The molecule has 0 atom stereocenters. The summed E-state index contributed by atoms with van der Waals surface area (Å²) in [6, 6.07) is 12.1. The number of nitrogens with one attached hydrogen (secondary N) is 2. The molecule has 0 heterocycles. The van der Waals surface area contributed by atoms with Crippen molar-refractivity contribution in [2.75, 3.05) is 5.32 Å². The second-order valence-corrected chi connectivity index (χ2v) is 7.99. The number of halogens is 2. The van der Waals surface area contributed by atoms with Crippen LogP contribution in [0.3, 0.4) is 0 Å². The molecule has 0 radical (unpaired) electrons.